The molecule has 0 aromatic carbocycles. The van der Waals surface area contributed by atoms with Crippen molar-refractivity contribution in [2.75, 3.05) is 19.8 Å². The molecule has 0 spiro atoms. The van der Waals surface area contributed by atoms with Crippen LogP contribution >= 0.6 is 0 Å². The van der Waals surface area contributed by atoms with E-state index < -0.39 is 0 Å². The topological polar surface area (TPSA) is 29.5 Å². The Kier molecular flexibility index (Phi) is 1.38. The molecule has 3 heteroatoms. The Morgan fingerprint density at radius 2 is 2.40 bits per heavy atom. The van der Waals surface area contributed by atoms with Gasteiger partial charge in [-0.15, -0.1) is 0 Å². The Morgan fingerprint density at radius 1 is 1.50 bits per heavy atom. The SMILES string of the molecule is O=C1CC2CCOCCN12. The molecule has 0 bridgehead atoms. The Labute approximate surface area is 60.0 Å². The maximum absolute atomic E-state index is 10.9. The third kappa shape index (κ3) is 0.814. The minimum absolute atomic E-state index is 0.301. The molecule has 2 aliphatic rings. The van der Waals surface area contributed by atoms with Gasteiger partial charge in [-0.1, -0.05) is 0 Å². The zero-order valence-electron chi connectivity index (χ0n) is 5.88. The second kappa shape index (κ2) is 2.23. The monoisotopic (exact) mass is 141 g/mol. The Balaban J connectivity index is 1.99. The lowest BCUT2D eigenvalue weighted by molar-refractivity contribution is -0.145. The number of fused-ring (bicyclic) bond motifs is 1. The van der Waals surface area contributed by atoms with Crippen LogP contribution in [0.4, 0.5) is 0 Å². The summed E-state index contributed by atoms with van der Waals surface area (Å²) < 4.78 is 5.23. The van der Waals surface area contributed by atoms with Gasteiger partial charge in [0.15, 0.2) is 0 Å². The molecule has 1 amide bonds. The van der Waals surface area contributed by atoms with Crippen LogP contribution in [0.5, 0.6) is 0 Å². The van der Waals surface area contributed by atoms with Crippen molar-refractivity contribution in [3.05, 3.63) is 0 Å². The van der Waals surface area contributed by atoms with Crippen LogP contribution in [0.1, 0.15) is 12.8 Å². The van der Waals surface area contributed by atoms with Crippen molar-refractivity contribution >= 4 is 5.91 Å². The van der Waals surface area contributed by atoms with Crippen LogP contribution in [-0.4, -0.2) is 36.6 Å². The molecule has 3 nitrogen and oxygen atoms in total. The van der Waals surface area contributed by atoms with Crippen molar-refractivity contribution in [1.29, 1.82) is 0 Å². The maximum atomic E-state index is 10.9. The number of nitrogens with zero attached hydrogens (tertiary/aromatic N) is 1. The maximum Gasteiger partial charge on any atom is 0.224 e. The molecular weight excluding hydrogens is 130 g/mol. The smallest absolute Gasteiger partial charge is 0.224 e. The van der Waals surface area contributed by atoms with E-state index in [1.54, 1.807) is 0 Å². The lowest BCUT2D eigenvalue weighted by atomic mass is 10.00. The quantitative estimate of drug-likeness (QED) is 0.445. The summed E-state index contributed by atoms with van der Waals surface area (Å²) in [5.41, 5.74) is 0. The molecule has 2 fully saturated rings. The van der Waals surface area contributed by atoms with Gasteiger partial charge in [0.1, 0.15) is 0 Å². The van der Waals surface area contributed by atoms with Gasteiger partial charge in [0, 0.05) is 25.6 Å². The van der Waals surface area contributed by atoms with E-state index in [4.69, 9.17) is 4.74 Å². The molecule has 0 aliphatic carbocycles. The summed E-state index contributed by atoms with van der Waals surface area (Å²) in [6, 6.07) is 0.509. The molecule has 2 aliphatic heterocycles. The molecule has 10 heavy (non-hydrogen) atoms. The number of carbonyl (C=O) groups excluding carboxylic acids is 1. The van der Waals surface area contributed by atoms with E-state index in [1.165, 1.54) is 0 Å². The molecule has 0 aromatic rings. The van der Waals surface area contributed by atoms with Gasteiger partial charge in [0.05, 0.1) is 6.61 Å². The lowest BCUT2D eigenvalue weighted by Crippen LogP contribution is -2.52. The summed E-state index contributed by atoms with van der Waals surface area (Å²) in [6.45, 7) is 2.36. The summed E-state index contributed by atoms with van der Waals surface area (Å²) in [5, 5.41) is 0. The van der Waals surface area contributed by atoms with E-state index >= 15 is 0 Å². The van der Waals surface area contributed by atoms with Gasteiger partial charge in [-0.25, -0.2) is 0 Å². The van der Waals surface area contributed by atoms with Gasteiger partial charge < -0.3 is 9.64 Å². The number of hydrogen-bond donors (Lipinski definition) is 0. The first-order valence-electron chi connectivity index (χ1n) is 3.75. The minimum atomic E-state index is 0.301. The van der Waals surface area contributed by atoms with E-state index in [9.17, 15) is 4.79 Å². The first-order valence-corrected chi connectivity index (χ1v) is 3.75. The Bertz CT molecular complexity index is 158. The Morgan fingerprint density at radius 3 is 3.20 bits per heavy atom. The third-order valence-electron chi connectivity index (χ3n) is 2.24. The first-order chi connectivity index (χ1) is 4.88. The molecule has 1 unspecified atom stereocenters. The Hall–Kier alpha value is -0.570. The van der Waals surface area contributed by atoms with E-state index in [1.807, 2.05) is 4.90 Å². The molecular formula is C7H11NO2. The van der Waals surface area contributed by atoms with Crippen molar-refractivity contribution in [2.45, 2.75) is 18.9 Å². The van der Waals surface area contributed by atoms with Crippen LogP contribution in [0.3, 0.4) is 0 Å². The van der Waals surface area contributed by atoms with Gasteiger partial charge >= 0.3 is 0 Å². The normalized spacial score (nSPS) is 32.6. The summed E-state index contributed by atoms with van der Waals surface area (Å²) >= 11 is 0. The molecule has 2 heterocycles. The van der Waals surface area contributed by atoms with E-state index in [0.29, 0.717) is 11.9 Å². The second-order valence-corrected chi connectivity index (χ2v) is 2.85. The van der Waals surface area contributed by atoms with Crippen molar-refractivity contribution in [1.82, 2.24) is 4.90 Å². The van der Waals surface area contributed by atoms with Crippen molar-refractivity contribution in [3.63, 3.8) is 0 Å². The molecule has 1 atom stereocenters. The van der Waals surface area contributed by atoms with Gasteiger partial charge in [-0.05, 0) is 6.42 Å². The van der Waals surface area contributed by atoms with Crippen LogP contribution in [0.2, 0.25) is 0 Å². The van der Waals surface area contributed by atoms with Crippen LogP contribution < -0.4 is 0 Å². The summed E-state index contributed by atoms with van der Waals surface area (Å²) in [6.07, 6.45) is 1.79. The predicted molar refractivity (Wildman–Crippen MR) is 35.6 cm³/mol. The average molecular weight is 141 g/mol. The number of rotatable bonds is 0. The number of hydrogen-bond acceptors (Lipinski definition) is 2. The third-order valence-corrected chi connectivity index (χ3v) is 2.24. The fourth-order valence-electron chi connectivity index (χ4n) is 1.57. The van der Waals surface area contributed by atoms with Gasteiger partial charge in [-0.3, -0.25) is 4.79 Å². The predicted octanol–water partition coefficient (Wildman–Crippen LogP) is 0.00760. The van der Waals surface area contributed by atoms with Crippen molar-refractivity contribution in [2.24, 2.45) is 0 Å². The summed E-state index contributed by atoms with van der Waals surface area (Å²) in [4.78, 5) is 12.8. The van der Waals surface area contributed by atoms with Crippen molar-refractivity contribution < 1.29 is 9.53 Å². The highest BCUT2D eigenvalue weighted by Gasteiger charge is 2.36. The lowest BCUT2D eigenvalue weighted by Gasteiger charge is -2.38. The number of ether oxygens (including phenoxy) is 1. The van der Waals surface area contributed by atoms with E-state index in [2.05, 4.69) is 0 Å². The van der Waals surface area contributed by atoms with Gasteiger partial charge in [0.2, 0.25) is 5.91 Å². The molecule has 56 valence electrons. The van der Waals surface area contributed by atoms with Gasteiger partial charge in [-0.2, -0.15) is 0 Å². The highest BCUT2D eigenvalue weighted by atomic mass is 16.5. The molecule has 0 radical (unpaired) electrons. The summed E-state index contributed by atoms with van der Waals surface area (Å²) in [5.74, 6) is 0.301. The molecule has 2 rings (SSSR count). The highest BCUT2D eigenvalue weighted by molar-refractivity contribution is 5.83. The molecule has 2 saturated heterocycles. The number of β-lactam (4-membered cyclic amide) rings is 1. The van der Waals surface area contributed by atoms with Crippen molar-refractivity contribution in [3.8, 4) is 0 Å². The fourth-order valence-corrected chi connectivity index (χ4v) is 1.57. The zero-order valence-corrected chi connectivity index (χ0v) is 5.88. The number of amides is 1. The van der Waals surface area contributed by atoms with Crippen LogP contribution in [0, 0.1) is 0 Å². The first kappa shape index (κ1) is 6.16. The van der Waals surface area contributed by atoms with E-state index in [0.717, 1.165) is 32.6 Å². The fraction of sp³-hybridized carbons (Fsp3) is 0.857. The van der Waals surface area contributed by atoms with Crippen LogP contribution in [0.25, 0.3) is 0 Å². The van der Waals surface area contributed by atoms with Gasteiger partial charge in [0.25, 0.3) is 0 Å². The molecule has 0 saturated carbocycles. The van der Waals surface area contributed by atoms with Crippen LogP contribution in [-0.2, 0) is 9.53 Å². The zero-order chi connectivity index (χ0) is 6.97. The average Bonchev–Trinajstić information content (AvgIpc) is 2.09. The molecule has 0 N–H and O–H groups in total. The highest BCUT2D eigenvalue weighted by Crippen LogP contribution is 2.23. The molecule has 0 aromatic heterocycles. The number of carbonyl (C=O) groups is 1. The van der Waals surface area contributed by atoms with E-state index in [-0.39, 0.29) is 0 Å². The standard InChI is InChI=1S/C7H11NO2/c9-7-5-6-1-3-10-4-2-8(6)7/h6H,1-5H2. The minimum Gasteiger partial charge on any atom is -0.380 e. The largest absolute Gasteiger partial charge is 0.380 e. The second-order valence-electron chi connectivity index (χ2n) is 2.85. The van der Waals surface area contributed by atoms with Crippen LogP contribution in [0.15, 0.2) is 0 Å². The summed E-state index contributed by atoms with van der Waals surface area (Å²) in [7, 11) is 0.